The van der Waals surface area contributed by atoms with Gasteiger partial charge in [-0.2, -0.15) is 10.4 Å². The van der Waals surface area contributed by atoms with Crippen molar-refractivity contribution in [3.63, 3.8) is 0 Å². The second-order valence-corrected chi connectivity index (χ2v) is 6.03. The summed E-state index contributed by atoms with van der Waals surface area (Å²) in [5.74, 6) is 0.757. The Labute approximate surface area is 159 Å². The van der Waals surface area contributed by atoms with Crippen LogP contribution < -0.4 is 10.6 Å². The molecule has 3 rings (SSSR count). The molecule has 0 unspecified atom stereocenters. The minimum Gasteiger partial charge on any atom is -0.356 e. The van der Waals surface area contributed by atoms with E-state index in [0.717, 1.165) is 30.2 Å². The third kappa shape index (κ3) is 5.19. The molecule has 1 heterocycles. The maximum atomic E-state index is 8.84. The van der Waals surface area contributed by atoms with Crippen molar-refractivity contribution in [2.24, 2.45) is 4.99 Å². The fourth-order valence-corrected chi connectivity index (χ4v) is 2.67. The van der Waals surface area contributed by atoms with Gasteiger partial charge in [-0.3, -0.25) is 4.99 Å². The Morgan fingerprint density at radius 3 is 2.44 bits per heavy atom. The molecular weight excluding hydrogens is 336 g/mol. The van der Waals surface area contributed by atoms with E-state index in [9.17, 15) is 0 Å². The summed E-state index contributed by atoms with van der Waals surface area (Å²) >= 11 is 0. The van der Waals surface area contributed by atoms with Gasteiger partial charge in [-0.05, 0) is 47.9 Å². The highest BCUT2D eigenvalue weighted by atomic mass is 15.3. The third-order valence-electron chi connectivity index (χ3n) is 4.18. The number of nitrogens with zero attached hydrogens (tertiary/aromatic N) is 4. The number of nitrogens with one attached hydrogen (secondary N) is 2. The largest absolute Gasteiger partial charge is 0.356 e. The standard InChI is InChI=1S/C21H22N6/c1-23-21(25-16-19-5-3-18(15-22)4-6-19)24-13-11-17-7-9-20(10-8-17)27-14-2-12-26-27/h2-10,12,14H,11,13,16H2,1H3,(H2,23,24,25). The van der Waals surface area contributed by atoms with Gasteiger partial charge in [0.1, 0.15) is 0 Å². The van der Waals surface area contributed by atoms with E-state index in [2.05, 4.69) is 51.1 Å². The molecule has 0 saturated carbocycles. The first-order valence-electron chi connectivity index (χ1n) is 8.81. The van der Waals surface area contributed by atoms with Crippen LogP contribution in [0.3, 0.4) is 0 Å². The summed E-state index contributed by atoms with van der Waals surface area (Å²) in [6.07, 6.45) is 4.60. The van der Waals surface area contributed by atoms with Crippen LogP contribution in [0.25, 0.3) is 5.69 Å². The van der Waals surface area contributed by atoms with Crippen LogP contribution in [0.1, 0.15) is 16.7 Å². The summed E-state index contributed by atoms with van der Waals surface area (Å²) in [5, 5.41) is 19.7. The van der Waals surface area contributed by atoms with Crippen molar-refractivity contribution in [1.29, 1.82) is 5.26 Å². The SMILES string of the molecule is CN=C(NCCc1ccc(-n2cccn2)cc1)NCc1ccc(C#N)cc1. The van der Waals surface area contributed by atoms with Crippen LogP contribution in [0.5, 0.6) is 0 Å². The van der Waals surface area contributed by atoms with Crippen molar-refractivity contribution in [2.75, 3.05) is 13.6 Å². The third-order valence-corrected chi connectivity index (χ3v) is 4.18. The van der Waals surface area contributed by atoms with Crippen LogP contribution in [0.15, 0.2) is 72.0 Å². The molecule has 0 amide bonds. The highest BCUT2D eigenvalue weighted by Gasteiger charge is 2.01. The Kier molecular flexibility index (Phi) is 6.21. The number of aromatic nitrogens is 2. The van der Waals surface area contributed by atoms with Gasteiger partial charge < -0.3 is 10.6 Å². The Hall–Kier alpha value is -3.59. The molecule has 0 spiro atoms. The van der Waals surface area contributed by atoms with Gasteiger partial charge >= 0.3 is 0 Å². The van der Waals surface area contributed by atoms with Gasteiger partial charge in [0.25, 0.3) is 0 Å². The lowest BCUT2D eigenvalue weighted by Gasteiger charge is -2.12. The van der Waals surface area contributed by atoms with E-state index in [1.54, 1.807) is 13.2 Å². The molecule has 0 fully saturated rings. The Morgan fingerprint density at radius 1 is 1.07 bits per heavy atom. The minimum absolute atomic E-state index is 0.657. The van der Waals surface area contributed by atoms with Crippen molar-refractivity contribution in [3.8, 4) is 11.8 Å². The van der Waals surface area contributed by atoms with Crippen LogP contribution in [-0.4, -0.2) is 29.3 Å². The lowest BCUT2D eigenvalue weighted by molar-refractivity contribution is 0.794. The second kappa shape index (κ2) is 9.20. The van der Waals surface area contributed by atoms with Gasteiger partial charge in [-0.25, -0.2) is 4.68 Å². The van der Waals surface area contributed by atoms with Crippen LogP contribution in [0, 0.1) is 11.3 Å². The highest BCUT2D eigenvalue weighted by Crippen LogP contribution is 2.09. The average molecular weight is 358 g/mol. The molecule has 27 heavy (non-hydrogen) atoms. The van der Waals surface area contributed by atoms with Crippen molar-refractivity contribution >= 4 is 5.96 Å². The summed E-state index contributed by atoms with van der Waals surface area (Å²) in [7, 11) is 1.76. The first kappa shape index (κ1) is 18.2. The number of benzene rings is 2. The molecule has 3 aromatic rings. The van der Waals surface area contributed by atoms with E-state index in [4.69, 9.17) is 5.26 Å². The second-order valence-electron chi connectivity index (χ2n) is 6.03. The number of rotatable bonds is 6. The quantitative estimate of drug-likeness (QED) is 0.524. The van der Waals surface area contributed by atoms with Gasteiger partial charge in [-0.1, -0.05) is 24.3 Å². The molecule has 0 bridgehead atoms. The predicted molar refractivity (Wildman–Crippen MR) is 107 cm³/mol. The maximum Gasteiger partial charge on any atom is 0.191 e. The van der Waals surface area contributed by atoms with Crippen molar-refractivity contribution in [3.05, 3.63) is 83.7 Å². The fourth-order valence-electron chi connectivity index (χ4n) is 2.67. The summed E-state index contributed by atoms with van der Waals surface area (Å²) in [6, 6.07) is 19.9. The van der Waals surface area contributed by atoms with E-state index >= 15 is 0 Å². The van der Waals surface area contributed by atoms with Crippen molar-refractivity contribution in [1.82, 2.24) is 20.4 Å². The topological polar surface area (TPSA) is 78.0 Å². The number of hydrogen-bond donors (Lipinski definition) is 2. The van der Waals surface area contributed by atoms with Gasteiger partial charge in [0.15, 0.2) is 5.96 Å². The van der Waals surface area contributed by atoms with Gasteiger partial charge in [0, 0.05) is 32.5 Å². The predicted octanol–water partition coefficient (Wildman–Crippen LogP) is 2.65. The number of guanidine groups is 1. The molecular formula is C21H22N6. The molecule has 0 saturated heterocycles. The lowest BCUT2D eigenvalue weighted by Crippen LogP contribution is -2.37. The highest BCUT2D eigenvalue weighted by molar-refractivity contribution is 5.79. The number of nitriles is 1. The molecule has 0 atom stereocenters. The zero-order valence-electron chi connectivity index (χ0n) is 15.3. The molecule has 0 aliphatic carbocycles. The first-order chi connectivity index (χ1) is 13.3. The summed E-state index contributed by atoms with van der Waals surface area (Å²) in [6.45, 7) is 1.44. The van der Waals surface area contributed by atoms with Crippen LogP contribution in [0.2, 0.25) is 0 Å². The molecule has 6 heteroatoms. The molecule has 1 aromatic heterocycles. The molecule has 0 aliphatic heterocycles. The van der Waals surface area contributed by atoms with Crippen molar-refractivity contribution in [2.45, 2.75) is 13.0 Å². The zero-order chi connectivity index (χ0) is 18.9. The van der Waals surface area contributed by atoms with Gasteiger partial charge in [0.05, 0.1) is 17.3 Å². The van der Waals surface area contributed by atoms with Crippen molar-refractivity contribution < 1.29 is 0 Å². The first-order valence-corrected chi connectivity index (χ1v) is 8.81. The van der Waals surface area contributed by atoms with E-state index in [1.165, 1.54) is 5.56 Å². The summed E-state index contributed by atoms with van der Waals surface area (Å²) in [4.78, 5) is 4.25. The Bertz CT molecular complexity index is 903. The molecule has 2 aromatic carbocycles. The van der Waals surface area contributed by atoms with Gasteiger partial charge in [0.2, 0.25) is 0 Å². The van der Waals surface area contributed by atoms with E-state index in [-0.39, 0.29) is 0 Å². The summed E-state index contributed by atoms with van der Waals surface area (Å²) in [5.41, 5.74) is 4.07. The average Bonchev–Trinajstić information content (AvgIpc) is 3.26. The molecule has 0 radical (unpaired) electrons. The van der Waals surface area contributed by atoms with E-state index < -0.39 is 0 Å². The zero-order valence-corrected chi connectivity index (χ0v) is 15.3. The molecule has 2 N–H and O–H groups in total. The van der Waals surface area contributed by atoms with Crippen LogP contribution in [0.4, 0.5) is 0 Å². The van der Waals surface area contributed by atoms with Gasteiger partial charge in [-0.15, -0.1) is 0 Å². The Balaban J connectivity index is 1.44. The Morgan fingerprint density at radius 2 is 1.81 bits per heavy atom. The monoisotopic (exact) mass is 358 g/mol. The normalized spacial score (nSPS) is 11.0. The number of aliphatic imine (C=N–C) groups is 1. The smallest absolute Gasteiger partial charge is 0.191 e. The minimum atomic E-state index is 0.657. The van der Waals surface area contributed by atoms with Crippen LogP contribution >= 0.6 is 0 Å². The maximum absolute atomic E-state index is 8.84. The molecule has 6 nitrogen and oxygen atoms in total. The van der Waals surface area contributed by atoms with E-state index in [1.807, 2.05) is 41.2 Å². The lowest BCUT2D eigenvalue weighted by atomic mass is 10.1. The number of hydrogen-bond acceptors (Lipinski definition) is 3. The fraction of sp³-hybridized carbons (Fsp3) is 0.190. The summed E-state index contributed by atoms with van der Waals surface area (Å²) < 4.78 is 1.84. The van der Waals surface area contributed by atoms with E-state index in [0.29, 0.717) is 12.1 Å². The molecule has 136 valence electrons. The van der Waals surface area contributed by atoms with Crippen LogP contribution in [-0.2, 0) is 13.0 Å². The molecule has 0 aliphatic rings.